The van der Waals surface area contributed by atoms with Gasteiger partial charge in [-0.1, -0.05) is 13.8 Å². The number of amides is 2. The van der Waals surface area contributed by atoms with Gasteiger partial charge >= 0.3 is 6.03 Å². The van der Waals surface area contributed by atoms with Crippen molar-refractivity contribution in [2.24, 2.45) is 5.92 Å². The Kier molecular flexibility index (Phi) is 5.58. The highest BCUT2D eigenvalue weighted by Gasteiger charge is 2.37. The van der Waals surface area contributed by atoms with Crippen LogP contribution in [0.2, 0.25) is 0 Å². The second-order valence-electron chi connectivity index (χ2n) is 6.23. The molecule has 0 aromatic carbocycles. The zero-order valence-electron chi connectivity index (χ0n) is 12.8. The van der Waals surface area contributed by atoms with E-state index in [4.69, 9.17) is 5.11 Å². The largest absolute Gasteiger partial charge is 0.396 e. The van der Waals surface area contributed by atoms with E-state index in [2.05, 4.69) is 29.5 Å². The third kappa shape index (κ3) is 4.68. The Balaban J connectivity index is 1.77. The van der Waals surface area contributed by atoms with Crippen molar-refractivity contribution in [1.29, 1.82) is 0 Å². The first kappa shape index (κ1) is 16.2. The molecule has 1 aliphatic rings. The molecule has 5 nitrogen and oxygen atoms in total. The number of aromatic nitrogens is 1. The highest BCUT2D eigenvalue weighted by atomic mass is 32.1. The van der Waals surface area contributed by atoms with Gasteiger partial charge in [-0.3, -0.25) is 0 Å². The number of hydrogen-bond donors (Lipinski definition) is 3. The first-order valence-corrected chi connectivity index (χ1v) is 8.45. The molecule has 0 atom stereocenters. The van der Waals surface area contributed by atoms with Crippen LogP contribution in [-0.4, -0.2) is 28.3 Å². The average molecular weight is 311 g/mol. The molecule has 1 fully saturated rings. The maximum absolute atomic E-state index is 12.0. The molecule has 0 spiro atoms. The first-order valence-electron chi connectivity index (χ1n) is 7.63. The SMILES string of the molecule is CC(C)Cc1ncc(CNC(=O)NC2(CCO)CCC2)s1. The highest BCUT2D eigenvalue weighted by molar-refractivity contribution is 7.11. The van der Waals surface area contributed by atoms with Crippen molar-refractivity contribution in [3.05, 3.63) is 16.1 Å². The smallest absolute Gasteiger partial charge is 0.315 e. The lowest BCUT2D eigenvalue weighted by atomic mass is 9.74. The summed E-state index contributed by atoms with van der Waals surface area (Å²) >= 11 is 1.66. The summed E-state index contributed by atoms with van der Waals surface area (Å²) in [6.07, 6.45) is 6.50. The highest BCUT2D eigenvalue weighted by Crippen LogP contribution is 2.34. The van der Waals surface area contributed by atoms with Gasteiger partial charge in [0.05, 0.1) is 11.6 Å². The van der Waals surface area contributed by atoms with Gasteiger partial charge < -0.3 is 15.7 Å². The van der Waals surface area contributed by atoms with Gasteiger partial charge in [0.15, 0.2) is 0 Å². The average Bonchev–Trinajstić information content (AvgIpc) is 2.80. The minimum absolute atomic E-state index is 0.119. The Labute approximate surface area is 130 Å². The van der Waals surface area contributed by atoms with Gasteiger partial charge in [-0.2, -0.15) is 0 Å². The summed E-state index contributed by atoms with van der Waals surface area (Å²) in [7, 11) is 0. The summed E-state index contributed by atoms with van der Waals surface area (Å²) in [6, 6.07) is -0.151. The summed E-state index contributed by atoms with van der Waals surface area (Å²) in [6.45, 7) is 4.97. The fourth-order valence-electron chi connectivity index (χ4n) is 2.58. The number of rotatable bonds is 7. The van der Waals surface area contributed by atoms with Gasteiger partial charge in [-0.05, 0) is 31.6 Å². The number of aliphatic hydroxyl groups excluding tert-OH is 1. The quantitative estimate of drug-likeness (QED) is 0.724. The molecule has 1 aromatic heterocycles. The van der Waals surface area contributed by atoms with Crippen molar-refractivity contribution in [2.45, 2.75) is 58.0 Å². The monoisotopic (exact) mass is 311 g/mol. The van der Waals surface area contributed by atoms with Gasteiger partial charge in [0.1, 0.15) is 0 Å². The third-order valence-electron chi connectivity index (χ3n) is 3.89. The van der Waals surface area contributed by atoms with E-state index >= 15 is 0 Å². The van der Waals surface area contributed by atoms with Crippen molar-refractivity contribution < 1.29 is 9.90 Å². The van der Waals surface area contributed by atoms with Gasteiger partial charge in [-0.15, -0.1) is 11.3 Å². The van der Waals surface area contributed by atoms with Crippen LogP contribution in [0.5, 0.6) is 0 Å². The molecule has 6 heteroatoms. The fraction of sp³-hybridized carbons (Fsp3) is 0.733. The van der Waals surface area contributed by atoms with Crippen molar-refractivity contribution in [2.75, 3.05) is 6.61 Å². The van der Waals surface area contributed by atoms with Crippen LogP contribution in [0, 0.1) is 5.92 Å². The van der Waals surface area contributed by atoms with E-state index in [1.54, 1.807) is 11.3 Å². The molecule has 118 valence electrons. The molecule has 3 N–H and O–H groups in total. The lowest BCUT2D eigenvalue weighted by Crippen LogP contribution is -2.56. The van der Waals surface area contributed by atoms with E-state index in [9.17, 15) is 4.79 Å². The van der Waals surface area contributed by atoms with Crippen LogP contribution in [-0.2, 0) is 13.0 Å². The second-order valence-corrected chi connectivity index (χ2v) is 7.43. The summed E-state index contributed by atoms with van der Waals surface area (Å²) < 4.78 is 0. The first-order chi connectivity index (χ1) is 10.0. The van der Waals surface area contributed by atoms with E-state index in [0.717, 1.165) is 35.6 Å². The summed E-state index contributed by atoms with van der Waals surface area (Å²) in [4.78, 5) is 17.4. The molecular weight excluding hydrogens is 286 g/mol. The molecule has 0 unspecified atom stereocenters. The number of nitrogens with zero attached hydrogens (tertiary/aromatic N) is 1. The number of carbonyl (C=O) groups is 1. The van der Waals surface area contributed by atoms with Crippen LogP contribution in [0.3, 0.4) is 0 Å². The Morgan fingerprint density at radius 3 is 2.86 bits per heavy atom. The maximum Gasteiger partial charge on any atom is 0.315 e. The zero-order chi connectivity index (χ0) is 15.3. The Bertz CT molecular complexity index is 469. The standard InChI is InChI=1S/C15H25N3O2S/c1-11(2)8-13-16-9-12(21-13)10-17-14(20)18-15(6-7-19)4-3-5-15/h9,11,19H,3-8,10H2,1-2H3,(H2,17,18,20). The molecule has 1 aliphatic carbocycles. The molecule has 1 heterocycles. The van der Waals surface area contributed by atoms with Gasteiger partial charge in [0.2, 0.25) is 0 Å². The van der Waals surface area contributed by atoms with Gasteiger partial charge in [0.25, 0.3) is 0 Å². The Morgan fingerprint density at radius 2 is 2.29 bits per heavy atom. The number of hydrogen-bond acceptors (Lipinski definition) is 4. The minimum atomic E-state index is -0.185. The number of nitrogens with one attached hydrogen (secondary N) is 2. The number of carbonyl (C=O) groups excluding carboxylic acids is 1. The summed E-state index contributed by atoms with van der Waals surface area (Å²) in [5, 5.41) is 16.1. The number of thiazole rings is 1. The number of urea groups is 1. The molecule has 0 radical (unpaired) electrons. The molecule has 2 rings (SSSR count). The fourth-order valence-corrected chi connectivity index (χ4v) is 3.66. The summed E-state index contributed by atoms with van der Waals surface area (Å²) in [5.41, 5.74) is -0.185. The van der Waals surface area contributed by atoms with E-state index < -0.39 is 0 Å². The van der Waals surface area contributed by atoms with E-state index in [-0.39, 0.29) is 18.2 Å². The second kappa shape index (κ2) is 7.22. The van der Waals surface area contributed by atoms with Crippen LogP contribution >= 0.6 is 11.3 Å². The zero-order valence-corrected chi connectivity index (χ0v) is 13.6. The van der Waals surface area contributed by atoms with Crippen LogP contribution in [0.4, 0.5) is 4.79 Å². The molecular formula is C15H25N3O2S. The Morgan fingerprint density at radius 1 is 1.52 bits per heavy atom. The van der Waals surface area contributed by atoms with Crippen LogP contribution in [0.25, 0.3) is 0 Å². The molecule has 0 aliphatic heterocycles. The van der Waals surface area contributed by atoms with Gasteiger partial charge in [-0.25, -0.2) is 9.78 Å². The minimum Gasteiger partial charge on any atom is -0.396 e. The van der Waals surface area contributed by atoms with E-state index in [1.807, 2.05) is 6.20 Å². The van der Waals surface area contributed by atoms with Crippen LogP contribution in [0.15, 0.2) is 6.20 Å². The van der Waals surface area contributed by atoms with E-state index in [1.165, 1.54) is 0 Å². The number of aliphatic hydroxyl groups is 1. The molecule has 0 bridgehead atoms. The maximum atomic E-state index is 12.0. The third-order valence-corrected chi connectivity index (χ3v) is 4.91. The molecule has 1 saturated carbocycles. The molecule has 2 amide bonds. The van der Waals surface area contributed by atoms with Crippen LogP contribution < -0.4 is 10.6 Å². The lowest BCUT2D eigenvalue weighted by Gasteiger charge is -2.42. The van der Waals surface area contributed by atoms with Crippen LogP contribution in [0.1, 0.15) is 49.4 Å². The molecule has 0 saturated heterocycles. The van der Waals surface area contributed by atoms with Gasteiger partial charge in [0, 0.05) is 29.6 Å². The van der Waals surface area contributed by atoms with Crippen molar-refractivity contribution in [3.63, 3.8) is 0 Å². The topological polar surface area (TPSA) is 74.2 Å². The van der Waals surface area contributed by atoms with Crippen molar-refractivity contribution >= 4 is 17.4 Å². The molecule has 21 heavy (non-hydrogen) atoms. The van der Waals surface area contributed by atoms with Crippen molar-refractivity contribution in [3.8, 4) is 0 Å². The predicted octanol–water partition coefficient (Wildman–Crippen LogP) is 2.45. The van der Waals surface area contributed by atoms with E-state index in [0.29, 0.717) is 18.9 Å². The summed E-state index contributed by atoms with van der Waals surface area (Å²) in [5.74, 6) is 0.595. The van der Waals surface area contributed by atoms with Crippen molar-refractivity contribution in [1.82, 2.24) is 15.6 Å². The lowest BCUT2D eigenvalue weighted by molar-refractivity contribution is 0.135. The predicted molar refractivity (Wildman–Crippen MR) is 84.3 cm³/mol. The molecule has 1 aromatic rings. The normalized spacial score (nSPS) is 16.6. The Hall–Kier alpha value is -1.14.